The van der Waals surface area contributed by atoms with E-state index in [1.54, 1.807) is 19.2 Å². The lowest BCUT2D eigenvalue weighted by Gasteiger charge is -2.16. The minimum atomic E-state index is -0.223. The third-order valence-electron chi connectivity index (χ3n) is 1.93. The van der Waals surface area contributed by atoms with Crippen molar-refractivity contribution < 1.29 is 9.90 Å². The summed E-state index contributed by atoms with van der Waals surface area (Å²) >= 11 is 6.71. The first-order valence-corrected chi connectivity index (χ1v) is 5.93. The van der Waals surface area contributed by atoms with Gasteiger partial charge in [0.2, 0.25) is 0 Å². The first-order chi connectivity index (χ1) is 7.41. The highest BCUT2D eigenvalue weighted by molar-refractivity contribution is 14.1. The van der Waals surface area contributed by atoms with E-state index in [-0.39, 0.29) is 23.2 Å². The van der Waals surface area contributed by atoms with Gasteiger partial charge in [0.25, 0.3) is 5.91 Å². The first-order valence-electron chi connectivity index (χ1n) is 4.44. The van der Waals surface area contributed by atoms with E-state index in [0.29, 0.717) is 9.13 Å². The Balaban J connectivity index is 2.88. The van der Waals surface area contributed by atoms with E-state index >= 15 is 0 Å². The molecule has 0 spiro atoms. The van der Waals surface area contributed by atoms with Crippen LogP contribution in [0, 0.1) is 3.57 Å². The molecule has 0 unspecified atom stereocenters. The SMILES string of the molecule is CN(CC(N)=S)C(=O)c1ccc(I)c(O)c1. The highest BCUT2D eigenvalue weighted by atomic mass is 127. The van der Waals surface area contributed by atoms with Crippen LogP contribution in [0.2, 0.25) is 0 Å². The number of hydrogen-bond acceptors (Lipinski definition) is 3. The number of phenols is 1. The van der Waals surface area contributed by atoms with Crippen LogP contribution in [-0.2, 0) is 0 Å². The van der Waals surface area contributed by atoms with Crippen LogP contribution in [0.5, 0.6) is 5.75 Å². The third kappa shape index (κ3) is 3.31. The quantitative estimate of drug-likeness (QED) is 0.638. The van der Waals surface area contributed by atoms with E-state index in [1.807, 2.05) is 22.6 Å². The molecule has 6 heteroatoms. The summed E-state index contributed by atoms with van der Waals surface area (Å²) in [5, 5.41) is 9.48. The molecule has 0 atom stereocenters. The number of carbonyl (C=O) groups excluding carboxylic acids is 1. The minimum Gasteiger partial charge on any atom is -0.507 e. The number of carbonyl (C=O) groups is 1. The van der Waals surface area contributed by atoms with E-state index in [4.69, 9.17) is 18.0 Å². The van der Waals surface area contributed by atoms with Gasteiger partial charge < -0.3 is 15.7 Å². The van der Waals surface area contributed by atoms with Crippen LogP contribution in [0.1, 0.15) is 10.4 Å². The van der Waals surface area contributed by atoms with E-state index in [0.717, 1.165) is 0 Å². The second kappa shape index (κ2) is 5.44. The zero-order chi connectivity index (χ0) is 12.3. The van der Waals surface area contributed by atoms with Crippen molar-refractivity contribution in [2.24, 2.45) is 5.73 Å². The normalized spacial score (nSPS) is 9.88. The fraction of sp³-hybridized carbons (Fsp3) is 0.200. The Morgan fingerprint density at radius 2 is 2.25 bits per heavy atom. The van der Waals surface area contributed by atoms with Crippen molar-refractivity contribution in [3.05, 3.63) is 27.3 Å². The number of benzene rings is 1. The molecule has 1 aromatic carbocycles. The van der Waals surface area contributed by atoms with Crippen molar-refractivity contribution in [1.29, 1.82) is 0 Å². The van der Waals surface area contributed by atoms with Gasteiger partial charge in [-0.2, -0.15) is 0 Å². The molecule has 4 nitrogen and oxygen atoms in total. The van der Waals surface area contributed by atoms with Gasteiger partial charge in [0.05, 0.1) is 15.1 Å². The van der Waals surface area contributed by atoms with Gasteiger partial charge in [-0.05, 0) is 40.8 Å². The lowest BCUT2D eigenvalue weighted by atomic mass is 10.2. The maximum absolute atomic E-state index is 11.8. The van der Waals surface area contributed by atoms with Crippen molar-refractivity contribution in [2.45, 2.75) is 0 Å². The summed E-state index contributed by atoms with van der Waals surface area (Å²) in [5.41, 5.74) is 5.76. The summed E-state index contributed by atoms with van der Waals surface area (Å²) < 4.78 is 0.700. The van der Waals surface area contributed by atoms with Gasteiger partial charge in [-0.3, -0.25) is 4.79 Å². The topological polar surface area (TPSA) is 66.6 Å². The van der Waals surface area contributed by atoms with Gasteiger partial charge in [0, 0.05) is 12.6 Å². The number of phenolic OH excluding ortho intramolecular Hbond substituents is 1. The molecule has 16 heavy (non-hydrogen) atoms. The highest BCUT2D eigenvalue weighted by Gasteiger charge is 2.13. The maximum Gasteiger partial charge on any atom is 0.254 e. The van der Waals surface area contributed by atoms with Crippen LogP contribution in [0.25, 0.3) is 0 Å². The van der Waals surface area contributed by atoms with Crippen LogP contribution in [0.3, 0.4) is 0 Å². The molecule has 0 aliphatic heterocycles. The molecule has 0 saturated heterocycles. The van der Waals surface area contributed by atoms with Gasteiger partial charge in [0.1, 0.15) is 5.75 Å². The fourth-order valence-electron chi connectivity index (χ4n) is 1.17. The van der Waals surface area contributed by atoms with E-state index in [9.17, 15) is 9.90 Å². The molecule has 0 bridgehead atoms. The van der Waals surface area contributed by atoms with Crippen molar-refractivity contribution in [1.82, 2.24) is 4.90 Å². The number of halogens is 1. The molecule has 0 fully saturated rings. The Kier molecular flexibility index (Phi) is 4.48. The molecule has 0 aromatic heterocycles. The summed E-state index contributed by atoms with van der Waals surface area (Å²) in [6.07, 6.45) is 0. The number of aromatic hydroxyl groups is 1. The lowest BCUT2D eigenvalue weighted by molar-refractivity contribution is 0.0814. The standard InChI is InChI=1S/C10H11IN2O2S/c1-13(5-9(12)16)10(15)6-2-3-7(11)8(14)4-6/h2-4,14H,5H2,1H3,(H2,12,16). The number of hydrogen-bond donors (Lipinski definition) is 2. The molecule has 0 saturated carbocycles. The summed E-state index contributed by atoms with van der Waals surface area (Å²) in [7, 11) is 1.61. The van der Waals surface area contributed by atoms with Gasteiger partial charge >= 0.3 is 0 Å². The predicted molar refractivity (Wildman–Crippen MR) is 74.6 cm³/mol. The van der Waals surface area contributed by atoms with Crippen molar-refractivity contribution >= 4 is 45.7 Å². The van der Waals surface area contributed by atoms with Crippen LogP contribution < -0.4 is 5.73 Å². The number of nitrogens with zero attached hydrogens (tertiary/aromatic N) is 1. The molecule has 1 amide bonds. The molecular weight excluding hydrogens is 339 g/mol. The smallest absolute Gasteiger partial charge is 0.254 e. The Hall–Kier alpha value is -0.890. The number of likely N-dealkylation sites (N-methyl/N-ethyl adjacent to an activating group) is 1. The Bertz CT molecular complexity index is 437. The highest BCUT2D eigenvalue weighted by Crippen LogP contribution is 2.21. The molecule has 86 valence electrons. The van der Waals surface area contributed by atoms with E-state index in [1.165, 1.54) is 11.0 Å². The van der Waals surface area contributed by atoms with Gasteiger partial charge in [0.15, 0.2) is 0 Å². The molecule has 0 aliphatic rings. The first kappa shape index (κ1) is 13.2. The molecule has 0 heterocycles. The fourth-order valence-corrected chi connectivity index (χ4v) is 1.70. The van der Waals surface area contributed by atoms with Crippen LogP contribution >= 0.6 is 34.8 Å². The largest absolute Gasteiger partial charge is 0.507 e. The average Bonchev–Trinajstić information content (AvgIpc) is 2.20. The van der Waals surface area contributed by atoms with Crippen molar-refractivity contribution in [3.8, 4) is 5.75 Å². The molecule has 0 aliphatic carbocycles. The zero-order valence-electron chi connectivity index (χ0n) is 8.61. The average molecular weight is 350 g/mol. The minimum absolute atomic E-state index is 0.0928. The summed E-state index contributed by atoms with van der Waals surface area (Å²) in [6, 6.07) is 4.76. The second-order valence-electron chi connectivity index (χ2n) is 3.29. The second-order valence-corrected chi connectivity index (χ2v) is 4.98. The molecule has 3 N–H and O–H groups in total. The van der Waals surface area contributed by atoms with Gasteiger partial charge in [-0.1, -0.05) is 12.2 Å². The Morgan fingerprint density at radius 3 is 2.75 bits per heavy atom. The van der Waals surface area contributed by atoms with Crippen LogP contribution in [-0.4, -0.2) is 34.5 Å². The zero-order valence-corrected chi connectivity index (χ0v) is 11.6. The van der Waals surface area contributed by atoms with Gasteiger partial charge in [-0.15, -0.1) is 0 Å². The number of thiocarbonyl (C=S) groups is 1. The lowest BCUT2D eigenvalue weighted by Crippen LogP contribution is -2.34. The summed E-state index contributed by atoms with van der Waals surface area (Å²) in [4.78, 5) is 13.5. The molecular formula is C10H11IN2O2S. The molecule has 1 rings (SSSR count). The Labute approximate surface area is 113 Å². The monoisotopic (exact) mass is 350 g/mol. The Morgan fingerprint density at radius 1 is 1.62 bits per heavy atom. The molecule has 1 aromatic rings. The predicted octanol–water partition coefficient (Wildman–Crippen LogP) is 1.35. The number of rotatable bonds is 3. The van der Waals surface area contributed by atoms with Crippen LogP contribution in [0.15, 0.2) is 18.2 Å². The number of amides is 1. The van der Waals surface area contributed by atoms with Crippen molar-refractivity contribution in [2.75, 3.05) is 13.6 Å². The summed E-state index contributed by atoms with van der Waals surface area (Å²) in [5.74, 6) is -0.130. The van der Waals surface area contributed by atoms with E-state index < -0.39 is 0 Å². The maximum atomic E-state index is 11.8. The van der Waals surface area contributed by atoms with E-state index in [2.05, 4.69) is 0 Å². The number of nitrogens with two attached hydrogens (primary N) is 1. The molecule has 0 radical (unpaired) electrons. The summed E-state index contributed by atoms with van der Waals surface area (Å²) in [6.45, 7) is 0.223. The van der Waals surface area contributed by atoms with Crippen molar-refractivity contribution in [3.63, 3.8) is 0 Å². The third-order valence-corrected chi connectivity index (χ3v) is 2.97. The van der Waals surface area contributed by atoms with Gasteiger partial charge in [-0.25, -0.2) is 0 Å². The van der Waals surface area contributed by atoms with Crippen LogP contribution in [0.4, 0.5) is 0 Å².